The molecule has 4 heteroatoms. The fraction of sp³-hybridized carbons (Fsp3) is 0.917. The van der Waals surface area contributed by atoms with Gasteiger partial charge >= 0.3 is 5.97 Å². The Bertz CT molecular complexity index is 214. The molecule has 0 saturated heterocycles. The second-order valence-corrected chi connectivity index (χ2v) is 5.68. The molecule has 94 valence electrons. The summed E-state index contributed by atoms with van der Waals surface area (Å²) in [5.41, 5.74) is 0. The second-order valence-electron chi connectivity index (χ2n) is 4.18. The van der Waals surface area contributed by atoms with E-state index < -0.39 is 0 Å². The van der Waals surface area contributed by atoms with E-state index in [4.69, 9.17) is 9.47 Å². The molecule has 0 heterocycles. The highest BCUT2D eigenvalue weighted by molar-refractivity contribution is 14.1. The lowest BCUT2D eigenvalue weighted by atomic mass is 10.1. The summed E-state index contributed by atoms with van der Waals surface area (Å²) in [7, 11) is 0. The Hall–Kier alpha value is 0.160. The largest absolute Gasteiger partial charge is 0.435 e. The quantitative estimate of drug-likeness (QED) is 0.322. The van der Waals surface area contributed by atoms with Crippen molar-refractivity contribution < 1.29 is 14.3 Å². The summed E-state index contributed by atoms with van der Waals surface area (Å²) in [4.78, 5) is 11.7. The zero-order valence-electron chi connectivity index (χ0n) is 10.1. The van der Waals surface area contributed by atoms with Gasteiger partial charge in [-0.05, 0) is 26.2 Å². The molecular formula is C12H21IO3. The third kappa shape index (κ3) is 4.20. The molecule has 0 spiro atoms. The smallest absolute Gasteiger partial charge is 0.321 e. The Morgan fingerprint density at radius 3 is 2.50 bits per heavy atom. The van der Waals surface area contributed by atoms with Gasteiger partial charge < -0.3 is 9.47 Å². The van der Waals surface area contributed by atoms with Crippen molar-refractivity contribution in [3.8, 4) is 0 Å². The number of rotatable bonds is 6. The Kier molecular flexibility index (Phi) is 6.65. The Labute approximate surface area is 111 Å². The van der Waals surface area contributed by atoms with Gasteiger partial charge in [0.25, 0.3) is 0 Å². The summed E-state index contributed by atoms with van der Waals surface area (Å²) in [6.07, 6.45) is 5.19. The van der Waals surface area contributed by atoms with E-state index in [1.807, 2.05) is 13.8 Å². The van der Waals surface area contributed by atoms with Crippen LogP contribution < -0.4 is 0 Å². The lowest BCUT2D eigenvalue weighted by molar-refractivity contribution is -0.189. The predicted molar refractivity (Wildman–Crippen MR) is 71.6 cm³/mol. The minimum Gasteiger partial charge on any atom is -0.435 e. The van der Waals surface area contributed by atoms with Crippen molar-refractivity contribution in [1.29, 1.82) is 0 Å². The van der Waals surface area contributed by atoms with Crippen LogP contribution in [0.15, 0.2) is 0 Å². The molecule has 2 unspecified atom stereocenters. The van der Waals surface area contributed by atoms with Gasteiger partial charge in [-0.1, -0.05) is 42.4 Å². The van der Waals surface area contributed by atoms with Crippen LogP contribution in [-0.2, 0) is 14.3 Å². The number of carbonyl (C=O) groups is 1. The monoisotopic (exact) mass is 340 g/mol. The molecule has 1 saturated carbocycles. The molecule has 1 aliphatic rings. The van der Waals surface area contributed by atoms with Crippen molar-refractivity contribution in [3.63, 3.8) is 0 Å². The molecule has 3 nitrogen and oxygen atoms in total. The second kappa shape index (κ2) is 7.48. The fourth-order valence-corrected chi connectivity index (χ4v) is 2.16. The van der Waals surface area contributed by atoms with Gasteiger partial charge in [-0.2, -0.15) is 0 Å². The molecule has 0 aromatic carbocycles. The van der Waals surface area contributed by atoms with Crippen molar-refractivity contribution in [2.24, 2.45) is 5.92 Å². The number of esters is 1. The van der Waals surface area contributed by atoms with Crippen molar-refractivity contribution in [3.05, 3.63) is 0 Å². The van der Waals surface area contributed by atoms with Gasteiger partial charge in [-0.25, -0.2) is 0 Å². The van der Waals surface area contributed by atoms with E-state index in [-0.39, 0.29) is 16.2 Å². The number of carbonyl (C=O) groups excluding carboxylic acids is 1. The topological polar surface area (TPSA) is 35.5 Å². The molecule has 1 rings (SSSR count). The minimum atomic E-state index is -0.316. The van der Waals surface area contributed by atoms with Crippen LogP contribution in [0.5, 0.6) is 0 Å². The van der Waals surface area contributed by atoms with Crippen LogP contribution in [0.4, 0.5) is 0 Å². The highest BCUT2D eigenvalue weighted by Gasteiger charge is 2.29. The molecule has 0 radical (unpaired) electrons. The molecule has 0 aromatic rings. The van der Waals surface area contributed by atoms with Gasteiger partial charge in [0.1, 0.15) is 3.92 Å². The number of ether oxygens (including phenoxy) is 2. The van der Waals surface area contributed by atoms with E-state index in [0.29, 0.717) is 12.5 Å². The van der Waals surface area contributed by atoms with Gasteiger partial charge in [0, 0.05) is 12.5 Å². The van der Waals surface area contributed by atoms with Gasteiger partial charge in [-0.15, -0.1) is 0 Å². The van der Waals surface area contributed by atoms with Crippen LogP contribution in [-0.4, -0.2) is 22.8 Å². The lowest BCUT2D eigenvalue weighted by Crippen LogP contribution is -2.31. The number of hydrogen-bond donors (Lipinski definition) is 0. The maximum absolute atomic E-state index is 11.7. The van der Waals surface area contributed by atoms with Crippen molar-refractivity contribution >= 4 is 28.6 Å². The molecule has 1 aliphatic carbocycles. The normalized spacial score (nSPS) is 20.7. The first kappa shape index (κ1) is 14.2. The highest BCUT2D eigenvalue weighted by Crippen LogP contribution is 2.30. The number of alkyl halides is 1. The van der Waals surface area contributed by atoms with Crippen LogP contribution in [0.25, 0.3) is 0 Å². The predicted octanol–water partition coefficient (Wildman–Crippen LogP) is 3.30. The van der Waals surface area contributed by atoms with Crippen molar-refractivity contribution in [1.82, 2.24) is 0 Å². The zero-order valence-corrected chi connectivity index (χ0v) is 12.2. The molecule has 0 amide bonds. The van der Waals surface area contributed by atoms with Crippen molar-refractivity contribution in [2.75, 3.05) is 6.61 Å². The van der Waals surface area contributed by atoms with Crippen LogP contribution in [0.2, 0.25) is 0 Å². The summed E-state index contributed by atoms with van der Waals surface area (Å²) in [5.74, 6) is 0.276. The first-order valence-electron chi connectivity index (χ1n) is 6.15. The zero-order chi connectivity index (χ0) is 12.0. The summed E-state index contributed by atoms with van der Waals surface area (Å²) in [6, 6.07) is 0. The van der Waals surface area contributed by atoms with E-state index in [1.54, 1.807) is 0 Å². The lowest BCUT2D eigenvalue weighted by Gasteiger charge is -2.24. The highest BCUT2D eigenvalue weighted by atomic mass is 127. The first-order valence-corrected chi connectivity index (χ1v) is 7.39. The maximum atomic E-state index is 11.7. The van der Waals surface area contributed by atoms with Crippen LogP contribution in [0, 0.1) is 5.92 Å². The molecule has 16 heavy (non-hydrogen) atoms. The molecule has 1 fully saturated rings. The van der Waals surface area contributed by atoms with Crippen molar-refractivity contribution in [2.45, 2.75) is 56.2 Å². The minimum absolute atomic E-state index is 0.0537. The average molecular weight is 340 g/mol. The van der Waals surface area contributed by atoms with E-state index >= 15 is 0 Å². The molecule has 0 bridgehead atoms. The Morgan fingerprint density at radius 2 is 2.00 bits per heavy atom. The number of hydrogen-bond acceptors (Lipinski definition) is 3. The third-order valence-corrected chi connectivity index (χ3v) is 4.35. The standard InChI is InChI=1S/C12H21IO3/c1-3-10(13)11(14)16-12(15-4-2)9-7-5-6-8-9/h9-10,12H,3-8H2,1-2H3. The summed E-state index contributed by atoms with van der Waals surface area (Å²) in [6.45, 7) is 4.53. The molecule has 0 aromatic heterocycles. The van der Waals surface area contributed by atoms with E-state index in [9.17, 15) is 4.79 Å². The first-order chi connectivity index (χ1) is 7.69. The van der Waals surface area contributed by atoms with Crippen LogP contribution in [0.1, 0.15) is 46.0 Å². The fourth-order valence-electron chi connectivity index (χ4n) is 2.02. The van der Waals surface area contributed by atoms with E-state index in [2.05, 4.69) is 22.6 Å². The molecule has 2 atom stereocenters. The SMILES string of the molecule is CCOC(OC(=O)C(I)CC)C1CCCC1. The number of halogens is 1. The van der Waals surface area contributed by atoms with Gasteiger partial charge in [-0.3, -0.25) is 4.79 Å². The van der Waals surface area contributed by atoms with E-state index in [0.717, 1.165) is 19.3 Å². The summed E-state index contributed by atoms with van der Waals surface area (Å²) in [5, 5.41) is 0. The van der Waals surface area contributed by atoms with E-state index in [1.165, 1.54) is 12.8 Å². The van der Waals surface area contributed by atoms with Crippen LogP contribution >= 0.6 is 22.6 Å². The van der Waals surface area contributed by atoms with Gasteiger partial charge in [0.2, 0.25) is 6.29 Å². The molecular weight excluding hydrogens is 319 g/mol. The molecule has 0 N–H and O–H groups in total. The van der Waals surface area contributed by atoms with Gasteiger partial charge in [0.05, 0.1) is 0 Å². The maximum Gasteiger partial charge on any atom is 0.321 e. The summed E-state index contributed by atoms with van der Waals surface area (Å²) < 4.78 is 10.9. The Morgan fingerprint density at radius 1 is 1.38 bits per heavy atom. The molecule has 0 aliphatic heterocycles. The Balaban J connectivity index is 2.46. The average Bonchev–Trinajstić information content (AvgIpc) is 2.80. The summed E-state index contributed by atoms with van der Waals surface area (Å²) >= 11 is 2.13. The third-order valence-electron chi connectivity index (χ3n) is 2.96. The van der Waals surface area contributed by atoms with Crippen LogP contribution in [0.3, 0.4) is 0 Å². The van der Waals surface area contributed by atoms with Gasteiger partial charge in [0.15, 0.2) is 0 Å².